The number of ether oxygens (including phenoxy) is 1. The quantitative estimate of drug-likeness (QED) is 0.519. The minimum absolute atomic E-state index is 0.182. The molecule has 0 fully saturated rings. The Kier molecular flexibility index (Phi) is 5.13. The minimum Gasteiger partial charge on any atom is -0.480 e. The van der Waals surface area contributed by atoms with Gasteiger partial charge in [0.25, 0.3) is 5.91 Å². The summed E-state index contributed by atoms with van der Waals surface area (Å²) in [5, 5.41) is 3.93. The van der Waals surface area contributed by atoms with Crippen LogP contribution in [0.1, 0.15) is 15.9 Å². The SMILES string of the molecule is C#CCOc1ccccc1/C=N/NC(=O)c1ccccc1. The van der Waals surface area contributed by atoms with Gasteiger partial charge in [-0.1, -0.05) is 36.3 Å². The lowest BCUT2D eigenvalue weighted by Crippen LogP contribution is -2.17. The molecule has 21 heavy (non-hydrogen) atoms. The standard InChI is InChI=1S/C17H14N2O2/c1-2-12-21-16-11-7-6-10-15(16)13-18-19-17(20)14-8-4-3-5-9-14/h1,3-11,13H,12H2,(H,19,20)/b18-13+. The molecule has 0 saturated carbocycles. The van der Waals surface area contributed by atoms with E-state index in [2.05, 4.69) is 16.4 Å². The topological polar surface area (TPSA) is 50.7 Å². The summed E-state index contributed by atoms with van der Waals surface area (Å²) in [6, 6.07) is 16.2. The number of carbonyl (C=O) groups is 1. The molecule has 0 aliphatic rings. The molecule has 0 aliphatic heterocycles. The van der Waals surface area contributed by atoms with E-state index in [9.17, 15) is 4.79 Å². The van der Waals surface area contributed by atoms with Crippen molar-refractivity contribution in [2.24, 2.45) is 5.10 Å². The van der Waals surface area contributed by atoms with E-state index < -0.39 is 0 Å². The van der Waals surface area contributed by atoms with Crippen molar-refractivity contribution in [3.63, 3.8) is 0 Å². The van der Waals surface area contributed by atoms with Crippen LogP contribution in [-0.2, 0) is 0 Å². The van der Waals surface area contributed by atoms with Crippen molar-refractivity contribution in [1.82, 2.24) is 5.43 Å². The molecule has 4 nitrogen and oxygen atoms in total. The summed E-state index contributed by atoms with van der Waals surface area (Å²) < 4.78 is 5.39. The van der Waals surface area contributed by atoms with Crippen LogP contribution in [-0.4, -0.2) is 18.7 Å². The highest BCUT2D eigenvalue weighted by Gasteiger charge is 2.03. The van der Waals surface area contributed by atoms with Crippen molar-refractivity contribution in [3.05, 3.63) is 65.7 Å². The van der Waals surface area contributed by atoms with Gasteiger partial charge >= 0.3 is 0 Å². The van der Waals surface area contributed by atoms with Crippen LogP contribution in [0.15, 0.2) is 59.7 Å². The molecule has 2 rings (SSSR count). The molecule has 2 aromatic carbocycles. The van der Waals surface area contributed by atoms with Gasteiger partial charge in [0.2, 0.25) is 0 Å². The summed E-state index contributed by atoms with van der Waals surface area (Å²) in [7, 11) is 0. The molecule has 0 radical (unpaired) electrons. The maximum absolute atomic E-state index is 11.8. The number of rotatable bonds is 5. The maximum atomic E-state index is 11.8. The van der Waals surface area contributed by atoms with Gasteiger partial charge in [0, 0.05) is 11.1 Å². The largest absolute Gasteiger partial charge is 0.480 e. The second-order valence-corrected chi connectivity index (χ2v) is 4.10. The van der Waals surface area contributed by atoms with E-state index in [0.29, 0.717) is 11.3 Å². The summed E-state index contributed by atoms with van der Waals surface area (Å²) in [6.45, 7) is 0.182. The van der Waals surface area contributed by atoms with Gasteiger partial charge in [-0.05, 0) is 24.3 Å². The van der Waals surface area contributed by atoms with E-state index in [-0.39, 0.29) is 12.5 Å². The van der Waals surface area contributed by atoms with Gasteiger partial charge in [-0.3, -0.25) is 4.79 Å². The number of benzene rings is 2. The van der Waals surface area contributed by atoms with Gasteiger partial charge in [0.15, 0.2) is 0 Å². The third kappa shape index (κ3) is 4.22. The van der Waals surface area contributed by atoms with E-state index in [4.69, 9.17) is 11.2 Å². The van der Waals surface area contributed by atoms with Crippen molar-refractivity contribution < 1.29 is 9.53 Å². The zero-order valence-corrected chi connectivity index (χ0v) is 11.3. The van der Waals surface area contributed by atoms with E-state index in [1.54, 1.807) is 30.3 Å². The molecular formula is C17H14N2O2. The fraction of sp³-hybridized carbons (Fsp3) is 0.0588. The molecule has 0 spiro atoms. The molecule has 0 unspecified atom stereocenters. The van der Waals surface area contributed by atoms with Gasteiger partial charge in [-0.2, -0.15) is 5.10 Å². The number of para-hydroxylation sites is 1. The number of carbonyl (C=O) groups excluding carboxylic acids is 1. The predicted octanol–water partition coefficient (Wildman–Crippen LogP) is 2.46. The van der Waals surface area contributed by atoms with E-state index in [0.717, 1.165) is 5.56 Å². The molecule has 0 aromatic heterocycles. The normalized spacial score (nSPS) is 10.0. The Morgan fingerprint density at radius 2 is 1.90 bits per heavy atom. The van der Waals surface area contributed by atoms with Crippen LogP contribution in [0.25, 0.3) is 0 Å². The fourth-order valence-corrected chi connectivity index (χ4v) is 1.65. The molecular weight excluding hydrogens is 264 g/mol. The highest BCUT2D eigenvalue weighted by atomic mass is 16.5. The maximum Gasteiger partial charge on any atom is 0.271 e. The molecule has 0 atom stereocenters. The summed E-state index contributed by atoms with van der Waals surface area (Å²) in [5.41, 5.74) is 3.75. The second kappa shape index (κ2) is 7.51. The Hall–Kier alpha value is -3.06. The smallest absolute Gasteiger partial charge is 0.271 e. The third-order valence-corrected chi connectivity index (χ3v) is 2.64. The number of hydrazone groups is 1. The van der Waals surface area contributed by atoms with Crippen LogP contribution >= 0.6 is 0 Å². The number of nitrogens with zero attached hydrogens (tertiary/aromatic N) is 1. The Morgan fingerprint density at radius 3 is 2.67 bits per heavy atom. The molecule has 0 saturated heterocycles. The number of hydrogen-bond acceptors (Lipinski definition) is 3. The molecule has 2 aromatic rings. The Bertz CT molecular complexity index is 673. The Labute approximate surface area is 123 Å². The van der Waals surface area contributed by atoms with Crippen molar-refractivity contribution in [3.8, 4) is 18.1 Å². The minimum atomic E-state index is -0.270. The first-order valence-corrected chi connectivity index (χ1v) is 6.35. The van der Waals surface area contributed by atoms with Gasteiger partial charge in [0.05, 0.1) is 6.21 Å². The summed E-state index contributed by atoms with van der Waals surface area (Å²) in [6.07, 6.45) is 6.69. The van der Waals surface area contributed by atoms with E-state index in [1.807, 2.05) is 24.3 Å². The van der Waals surface area contributed by atoms with Gasteiger partial charge in [0.1, 0.15) is 12.4 Å². The van der Waals surface area contributed by atoms with Gasteiger partial charge in [-0.15, -0.1) is 6.42 Å². The van der Waals surface area contributed by atoms with E-state index in [1.165, 1.54) is 6.21 Å². The average molecular weight is 278 g/mol. The monoisotopic (exact) mass is 278 g/mol. The lowest BCUT2D eigenvalue weighted by atomic mass is 10.2. The molecule has 104 valence electrons. The lowest BCUT2D eigenvalue weighted by Gasteiger charge is -2.05. The summed E-state index contributed by atoms with van der Waals surface area (Å²) in [5.74, 6) is 2.75. The number of nitrogens with one attached hydrogen (secondary N) is 1. The van der Waals surface area contributed by atoms with Crippen LogP contribution in [0.4, 0.5) is 0 Å². The number of amides is 1. The van der Waals surface area contributed by atoms with Crippen molar-refractivity contribution in [1.29, 1.82) is 0 Å². The Balaban J connectivity index is 2.02. The molecule has 0 aliphatic carbocycles. The van der Waals surface area contributed by atoms with Crippen molar-refractivity contribution >= 4 is 12.1 Å². The first kappa shape index (κ1) is 14.4. The van der Waals surface area contributed by atoms with Crippen LogP contribution in [0.2, 0.25) is 0 Å². The van der Waals surface area contributed by atoms with Crippen molar-refractivity contribution in [2.45, 2.75) is 0 Å². The van der Waals surface area contributed by atoms with Gasteiger partial charge in [-0.25, -0.2) is 5.43 Å². The van der Waals surface area contributed by atoms with Gasteiger partial charge < -0.3 is 4.74 Å². The highest BCUT2D eigenvalue weighted by molar-refractivity contribution is 5.95. The van der Waals surface area contributed by atoms with Crippen LogP contribution in [0.5, 0.6) is 5.75 Å². The van der Waals surface area contributed by atoms with Crippen molar-refractivity contribution in [2.75, 3.05) is 6.61 Å². The lowest BCUT2D eigenvalue weighted by molar-refractivity contribution is 0.0955. The Morgan fingerprint density at radius 1 is 1.19 bits per heavy atom. The second-order valence-electron chi connectivity index (χ2n) is 4.10. The first-order chi connectivity index (χ1) is 10.3. The molecule has 1 amide bonds. The van der Waals surface area contributed by atoms with E-state index >= 15 is 0 Å². The molecule has 0 bridgehead atoms. The zero-order chi connectivity index (χ0) is 14.9. The van der Waals surface area contributed by atoms with Crippen LogP contribution in [0, 0.1) is 12.3 Å². The van der Waals surface area contributed by atoms with Crippen LogP contribution in [0.3, 0.4) is 0 Å². The highest BCUT2D eigenvalue weighted by Crippen LogP contribution is 2.15. The van der Waals surface area contributed by atoms with Crippen LogP contribution < -0.4 is 10.2 Å². The zero-order valence-electron chi connectivity index (χ0n) is 11.3. The summed E-state index contributed by atoms with van der Waals surface area (Å²) >= 11 is 0. The number of hydrogen-bond donors (Lipinski definition) is 1. The first-order valence-electron chi connectivity index (χ1n) is 6.35. The number of terminal acetylenes is 1. The fourth-order valence-electron chi connectivity index (χ4n) is 1.65. The third-order valence-electron chi connectivity index (χ3n) is 2.64. The predicted molar refractivity (Wildman–Crippen MR) is 82.3 cm³/mol. The molecule has 0 heterocycles. The summed E-state index contributed by atoms with van der Waals surface area (Å²) in [4.78, 5) is 11.8. The average Bonchev–Trinajstić information content (AvgIpc) is 2.54. The molecule has 4 heteroatoms. The molecule has 1 N–H and O–H groups in total.